The first-order valence-electron chi connectivity index (χ1n) is 7.74. The van der Waals surface area contributed by atoms with E-state index in [-0.39, 0.29) is 13.1 Å². The van der Waals surface area contributed by atoms with E-state index < -0.39 is 30.3 Å². The van der Waals surface area contributed by atoms with Gasteiger partial charge in [0.25, 0.3) is 5.92 Å². The van der Waals surface area contributed by atoms with E-state index in [1.54, 1.807) is 24.4 Å². The van der Waals surface area contributed by atoms with Gasteiger partial charge in [0.15, 0.2) is 0 Å². The number of hydrogen-bond donors (Lipinski definition) is 1. The van der Waals surface area contributed by atoms with E-state index in [0.29, 0.717) is 16.9 Å². The number of carbonyl (C=O) groups excluding carboxylic acids is 1. The Morgan fingerprint density at radius 2 is 2.24 bits per heavy atom. The number of nitriles is 1. The lowest BCUT2D eigenvalue weighted by molar-refractivity contribution is -0.144. The predicted molar refractivity (Wildman–Crippen MR) is 84.9 cm³/mol. The van der Waals surface area contributed by atoms with Crippen LogP contribution in [-0.4, -0.2) is 56.9 Å². The number of hydrogen-bond acceptors (Lipinski definition) is 5. The molecular weight excluding hydrogens is 330 g/mol. The van der Waals surface area contributed by atoms with Crippen molar-refractivity contribution in [3.63, 3.8) is 0 Å². The van der Waals surface area contributed by atoms with Crippen molar-refractivity contribution in [1.29, 1.82) is 5.26 Å². The van der Waals surface area contributed by atoms with Gasteiger partial charge in [-0.2, -0.15) is 5.26 Å². The third-order valence-electron chi connectivity index (χ3n) is 4.78. The molecule has 0 aliphatic carbocycles. The van der Waals surface area contributed by atoms with E-state index in [0.717, 1.165) is 4.90 Å². The topological polar surface area (TPSA) is 88.9 Å². The Morgan fingerprint density at radius 1 is 1.40 bits per heavy atom. The van der Waals surface area contributed by atoms with Gasteiger partial charge in [0, 0.05) is 12.7 Å². The highest BCUT2D eigenvalue weighted by Gasteiger charge is 2.64. The van der Waals surface area contributed by atoms with Crippen LogP contribution in [0.15, 0.2) is 30.7 Å². The molecule has 9 heteroatoms. The summed E-state index contributed by atoms with van der Waals surface area (Å²) in [5, 5.41) is 9.39. The van der Waals surface area contributed by atoms with Crippen molar-refractivity contribution in [3.8, 4) is 6.07 Å². The summed E-state index contributed by atoms with van der Waals surface area (Å²) in [7, 11) is 0. The van der Waals surface area contributed by atoms with Crippen molar-refractivity contribution < 1.29 is 13.6 Å². The Kier molecular flexibility index (Phi) is 3.25. The van der Waals surface area contributed by atoms with E-state index in [2.05, 4.69) is 15.0 Å². The zero-order valence-electron chi connectivity index (χ0n) is 13.1. The van der Waals surface area contributed by atoms with Gasteiger partial charge in [-0.25, -0.2) is 18.7 Å². The van der Waals surface area contributed by atoms with Crippen LogP contribution in [0.3, 0.4) is 0 Å². The Bertz CT molecular complexity index is 917. The van der Waals surface area contributed by atoms with E-state index in [9.17, 15) is 13.6 Å². The molecule has 0 aromatic carbocycles. The molecule has 2 aliphatic rings. The van der Waals surface area contributed by atoms with Crippen molar-refractivity contribution in [1.82, 2.24) is 19.9 Å². The Hall–Kier alpha value is -3.02. The lowest BCUT2D eigenvalue weighted by atomic mass is 9.94. The van der Waals surface area contributed by atoms with Gasteiger partial charge < -0.3 is 14.8 Å². The minimum Gasteiger partial charge on any atom is -0.347 e. The molecule has 25 heavy (non-hydrogen) atoms. The number of nitrogens with zero attached hydrogens (tertiary/aromatic N) is 5. The molecular formula is C16H14F2N6O. The van der Waals surface area contributed by atoms with Crippen molar-refractivity contribution in [2.45, 2.75) is 17.9 Å². The zero-order valence-corrected chi connectivity index (χ0v) is 13.1. The average Bonchev–Trinajstić information content (AvgIpc) is 3.26. The van der Waals surface area contributed by atoms with Gasteiger partial charge >= 0.3 is 0 Å². The summed E-state index contributed by atoms with van der Waals surface area (Å²) >= 11 is 0. The SMILES string of the molecule is N#CCC(=O)N1CC=CC12CN(c1ncnc3[nH]ccc13)CC2(F)F. The van der Waals surface area contributed by atoms with Crippen LogP contribution in [0.4, 0.5) is 14.6 Å². The number of halogens is 2. The number of rotatable bonds is 2. The van der Waals surface area contributed by atoms with Gasteiger partial charge in [0.2, 0.25) is 5.91 Å². The van der Waals surface area contributed by atoms with Crippen LogP contribution >= 0.6 is 0 Å². The Balaban J connectivity index is 1.74. The summed E-state index contributed by atoms with van der Waals surface area (Å²) in [6.07, 6.45) is 5.51. The molecule has 0 bridgehead atoms. The third kappa shape index (κ3) is 2.10. The second-order valence-corrected chi connectivity index (χ2v) is 6.16. The molecule has 4 rings (SSSR count). The summed E-state index contributed by atoms with van der Waals surface area (Å²) in [5.74, 6) is -3.36. The van der Waals surface area contributed by atoms with Crippen LogP contribution in [0.25, 0.3) is 11.0 Å². The number of nitrogens with one attached hydrogen (secondary N) is 1. The number of anilines is 1. The van der Waals surface area contributed by atoms with Gasteiger partial charge in [0.1, 0.15) is 29.8 Å². The number of carbonyl (C=O) groups is 1. The van der Waals surface area contributed by atoms with E-state index >= 15 is 0 Å². The van der Waals surface area contributed by atoms with Gasteiger partial charge in [-0.1, -0.05) is 12.2 Å². The first-order valence-corrected chi connectivity index (χ1v) is 7.74. The van der Waals surface area contributed by atoms with E-state index in [1.165, 1.54) is 17.3 Å². The molecule has 7 nitrogen and oxygen atoms in total. The van der Waals surface area contributed by atoms with Crippen LogP contribution in [0, 0.1) is 11.3 Å². The maximum Gasteiger partial charge on any atom is 0.293 e. The van der Waals surface area contributed by atoms with Gasteiger partial charge in [-0.3, -0.25) is 4.79 Å². The zero-order chi connectivity index (χ0) is 17.7. The molecule has 1 atom stereocenters. The molecule has 2 aliphatic heterocycles. The monoisotopic (exact) mass is 344 g/mol. The summed E-state index contributed by atoms with van der Waals surface area (Å²) in [5.41, 5.74) is -1.19. The number of aromatic amines is 1. The number of fused-ring (bicyclic) bond motifs is 1. The normalized spacial score (nSPS) is 24.4. The van der Waals surface area contributed by atoms with Crippen LogP contribution in [-0.2, 0) is 4.79 Å². The highest BCUT2D eigenvalue weighted by Crippen LogP contribution is 2.46. The fourth-order valence-corrected chi connectivity index (χ4v) is 3.65. The fourth-order valence-electron chi connectivity index (χ4n) is 3.65. The number of alkyl halides is 2. The van der Waals surface area contributed by atoms with Gasteiger partial charge in [0.05, 0.1) is 24.5 Å². The maximum absolute atomic E-state index is 15.0. The quantitative estimate of drug-likeness (QED) is 0.833. The number of aromatic nitrogens is 3. The van der Waals surface area contributed by atoms with Crippen molar-refractivity contribution in [3.05, 3.63) is 30.7 Å². The smallest absolute Gasteiger partial charge is 0.293 e. The molecule has 128 valence electrons. The number of H-pyrrole nitrogens is 1. The molecule has 1 N–H and O–H groups in total. The molecule has 0 radical (unpaired) electrons. The molecule has 0 saturated carbocycles. The van der Waals surface area contributed by atoms with Crippen LogP contribution in [0.5, 0.6) is 0 Å². The Labute approximate surface area is 141 Å². The van der Waals surface area contributed by atoms with E-state index in [4.69, 9.17) is 5.26 Å². The van der Waals surface area contributed by atoms with Crippen LogP contribution in [0.2, 0.25) is 0 Å². The lowest BCUT2D eigenvalue weighted by Gasteiger charge is -2.37. The summed E-state index contributed by atoms with van der Waals surface area (Å²) < 4.78 is 30.0. The van der Waals surface area contributed by atoms with E-state index in [1.807, 2.05) is 0 Å². The summed E-state index contributed by atoms with van der Waals surface area (Å²) in [4.78, 5) is 25.9. The second kappa shape index (κ2) is 5.24. The highest BCUT2D eigenvalue weighted by molar-refractivity contribution is 5.88. The average molecular weight is 344 g/mol. The minimum absolute atomic E-state index is 0.0767. The molecule has 1 fully saturated rings. The second-order valence-electron chi connectivity index (χ2n) is 6.16. The van der Waals surface area contributed by atoms with Crippen molar-refractivity contribution >= 4 is 22.8 Å². The maximum atomic E-state index is 15.0. The predicted octanol–water partition coefficient (Wildman–Crippen LogP) is 1.46. The molecule has 1 unspecified atom stereocenters. The lowest BCUT2D eigenvalue weighted by Crippen LogP contribution is -2.58. The van der Waals surface area contributed by atoms with Crippen molar-refractivity contribution in [2.24, 2.45) is 0 Å². The minimum atomic E-state index is -3.17. The van der Waals surface area contributed by atoms with Crippen molar-refractivity contribution in [2.75, 3.05) is 24.5 Å². The molecule has 1 spiro atoms. The number of amides is 1. The standard InChI is InChI=1S/C16H14F2N6O/c17-16(18)9-23(14-11-3-6-20-13(11)21-10-22-14)8-15(16)4-1-7-24(15)12(25)2-5-19/h1,3-4,6,10H,2,7-9H2,(H,20,21,22). The van der Waals surface area contributed by atoms with Crippen LogP contribution < -0.4 is 4.90 Å². The molecule has 1 saturated heterocycles. The molecule has 2 aromatic heterocycles. The Morgan fingerprint density at radius 3 is 3.04 bits per heavy atom. The fraction of sp³-hybridized carbons (Fsp3) is 0.375. The molecule has 4 heterocycles. The molecule has 1 amide bonds. The largest absolute Gasteiger partial charge is 0.347 e. The summed E-state index contributed by atoms with van der Waals surface area (Å²) in [6.45, 7) is -0.580. The molecule has 2 aromatic rings. The first kappa shape index (κ1) is 15.5. The van der Waals surface area contributed by atoms with Crippen LogP contribution in [0.1, 0.15) is 6.42 Å². The van der Waals surface area contributed by atoms with Gasteiger partial charge in [-0.15, -0.1) is 0 Å². The summed E-state index contributed by atoms with van der Waals surface area (Å²) in [6, 6.07) is 3.47. The third-order valence-corrected chi connectivity index (χ3v) is 4.78. The highest BCUT2D eigenvalue weighted by atomic mass is 19.3. The van der Waals surface area contributed by atoms with Gasteiger partial charge in [-0.05, 0) is 6.07 Å². The first-order chi connectivity index (χ1) is 12.0.